The number of nitrogens with zero attached hydrogens (tertiary/aromatic N) is 4. The Morgan fingerprint density at radius 2 is 2.09 bits per heavy atom. The Kier molecular flexibility index (Phi) is 4.48. The van der Waals surface area contributed by atoms with Crippen LogP contribution >= 0.6 is 0 Å². The van der Waals surface area contributed by atoms with E-state index in [0.717, 1.165) is 18.3 Å². The molecule has 0 aliphatic carbocycles. The van der Waals surface area contributed by atoms with E-state index in [4.69, 9.17) is 0 Å². The first-order valence-electron chi connectivity index (χ1n) is 6.53. The summed E-state index contributed by atoms with van der Waals surface area (Å²) in [5, 5.41) is 4.04. The molecule has 2 heterocycles. The van der Waals surface area contributed by atoms with Crippen molar-refractivity contribution in [2.24, 2.45) is 0 Å². The first-order valence-corrected chi connectivity index (χ1v) is 6.53. The molecule has 2 rings (SSSR count). The number of pyridine rings is 1. The third kappa shape index (κ3) is 3.84. The predicted molar refractivity (Wildman–Crippen MR) is 73.8 cm³/mol. The van der Waals surface area contributed by atoms with Crippen molar-refractivity contribution in [3.63, 3.8) is 0 Å². The van der Waals surface area contributed by atoms with Crippen LogP contribution < -0.4 is 0 Å². The highest BCUT2D eigenvalue weighted by Crippen LogP contribution is 2.30. The molecule has 8 heteroatoms. The van der Waals surface area contributed by atoms with Crippen LogP contribution in [0.1, 0.15) is 12.0 Å². The average Bonchev–Trinajstić information content (AvgIpc) is 2.92. The van der Waals surface area contributed by atoms with Gasteiger partial charge in [0.1, 0.15) is 0 Å². The lowest BCUT2D eigenvalue weighted by atomic mass is 10.1. The van der Waals surface area contributed by atoms with Crippen molar-refractivity contribution in [2.45, 2.75) is 19.1 Å². The Hall–Kier alpha value is -2.38. The Balaban J connectivity index is 2.13. The van der Waals surface area contributed by atoms with Crippen molar-refractivity contribution in [2.75, 3.05) is 14.1 Å². The minimum Gasteiger partial charge on any atom is -0.349 e. The van der Waals surface area contributed by atoms with E-state index in [2.05, 4.69) is 10.1 Å². The van der Waals surface area contributed by atoms with Crippen LogP contribution in [0, 0.1) is 0 Å². The quantitative estimate of drug-likeness (QED) is 0.871. The molecular weight excluding hydrogens is 297 g/mol. The molecule has 0 spiro atoms. The van der Waals surface area contributed by atoms with Crippen molar-refractivity contribution in [3.05, 3.63) is 36.3 Å². The first-order chi connectivity index (χ1) is 10.3. The van der Waals surface area contributed by atoms with E-state index in [1.54, 1.807) is 20.3 Å². The Morgan fingerprint density at radius 3 is 2.73 bits per heavy atom. The summed E-state index contributed by atoms with van der Waals surface area (Å²) in [4.78, 5) is 16.9. The van der Waals surface area contributed by atoms with Gasteiger partial charge in [0.15, 0.2) is 0 Å². The molecule has 0 atom stereocenters. The molecule has 22 heavy (non-hydrogen) atoms. The number of hydrogen-bond donors (Lipinski definition) is 0. The normalized spacial score (nSPS) is 11.5. The third-order valence-corrected chi connectivity index (χ3v) is 3.07. The molecule has 0 saturated heterocycles. The molecular formula is C14H15F3N4O. The standard InChI is InChI=1S/C14H15F3N4O/c1-20(2)13(22)4-6-21-9-10(8-19-21)12-7-11(3-5-18-12)14(15,16)17/h3,5,7-9H,4,6H2,1-2H3. The van der Waals surface area contributed by atoms with Gasteiger partial charge in [-0.2, -0.15) is 18.3 Å². The molecule has 0 radical (unpaired) electrons. The summed E-state index contributed by atoms with van der Waals surface area (Å²) in [6.45, 7) is 0.357. The lowest BCUT2D eigenvalue weighted by molar-refractivity contribution is -0.137. The summed E-state index contributed by atoms with van der Waals surface area (Å²) in [6.07, 6.45) is -0.0188. The lowest BCUT2D eigenvalue weighted by Gasteiger charge is -2.09. The number of rotatable bonds is 4. The first kappa shape index (κ1) is 16.0. The monoisotopic (exact) mass is 312 g/mol. The highest BCUT2D eigenvalue weighted by molar-refractivity contribution is 5.75. The van der Waals surface area contributed by atoms with Crippen molar-refractivity contribution in [3.8, 4) is 11.3 Å². The minimum absolute atomic E-state index is 0.0470. The van der Waals surface area contributed by atoms with Gasteiger partial charge in [-0.05, 0) is 12.1 Å². The fourth-order valence-electron chi connectivity index (χ4n) is 1.82. The van der Waals surface area contributed by atoms with E-state index in [0.29, 0.717) is 12.1 Å². The van der Waals surface area contributed by atoms with E-state index in [-0.39, 0.29) is 18.0 Å². The smallest absolute Gasteiger partial charge is 0.349 e. The molecule has 0 bridgehead atoms. The van der Waals surface area contributed by atoms with Gasteiger partial charge in [0, 0.05) is 45.0 Å². The van der Waals surface area contributed by atoms with Gasteiger partial charge in [-0.25, -0.2) is 0 Å². The summed E-state index contributed by atoms with van der Waals surface area (Å²) < 4.78 is 39.6. The minimum atomic E-state index is -4.41. The number of hydrogen-bond acceptors (Lipinski definition) is 3. The maximum Gasteiger partial charge on any atom is 0.416 e. The topological polar surface area (TPSA) is 51.0 Å². The second-order valence-electron chi connectivity index (χ2n) is 4.96. The maximum absolute atomic E-state index is 12.7. The predicted octanol–water partition coefficient (Wildman–Crippen LogP) is 2.44. The fraction of sp³-hybridized carbons (Fsp3) is 0.357. The van der Waals surface area contributed by atoms with Crippen LogP contribution in [0.25, 0.3) is 11.3 Å². The maximum atomic E-state index is 12.7. The summed E-state index contributed by atoms with van der Waals surface area (Å²) >= 11 is 0. The highest BCUT2D eigenvalue weighted by atomic mass is 19.4. The Morgan fingerprint density at radius 1 is 1.36 bits per heavy atom. The largest absolute Gasteiger partial charge is 0.416 e. The van der Waals surface area contributed by atoms with Gasteiger partial charge in [0.2, 0.25) is 5.91 Å². The van der Waals surface area contributed by atoms with Crippen LogP contribution in [0.4, 0.5) is 13.2 Å². The number of alkyl halides is 3. The molecule has 1 amide bonds. The van der Waals surface area contributed by atoms with Crippen LogP contribution in [0.3, 0.4) is 0 Å². The van der Waals surface area contributed by atoms with Gasteiger partial charge < -0.3 is 4.90 Å². The van der Waals surface area contributed by atoms with E-state index in [1.165, 1.54) is 15.8 Å². The van der Waals surface area contributed by atoms with Gasteiger partial charge in [-0.1, -0.05) is 0 Å². The number of carbonyl (C=O) groups is 1. The summed E-state index contributed by atoms with van der Waals surface area (Å²) in [6, 6.07) is 1.90. The number of aromatic nitrogens is 3. The van der Waals surface area contributed by atoms with Crippen LogP contribution in [0.15, 0.2) is 30.7 Å². The zero-order chi connectivity index (χ0) is 16.3. The SMILES string of the molecule is CN(C)C(=O)CCn1cc(-c2cc(C(F)(F)F)ccn2)cn1. The highest BCUT2D eigenvalue weighted by Gasteiger charge is 2.30. The van der Waals surface area contributed by atoms with Gasteiger partial charge >= 0.3 is 6.18 Å². The van der Waals surface area contributed by atoms with E-state index < -0.39 is 11.7 Å². The number of amides is 1. The second kappa shape index (κ2) is 6.17. The third-order valence-electron chi connectivity index (χ3n) is 3.07. The van der Waals surface area contributed by atoms with Crippen LogP contribution in [0.5, 0.6) is 0 Å². The zero-order valence-corrected chi connectivity index (χ0v) is 12.1. The molecule has 118 valence electrons. The molecule has 0 aliphatic heterocycles. The van der Waals surface area contributed by atoms with Crippen molar-refractivity contribution in [1.82, 2.24) is 19.7 Å². The van der Waals surface area contributed by atoms with Crippen LogP contribution in [-0.4, -0.2) is 39.7 Å². The number of halogens is 3. The molecule has 0 aliphatic rings. The summed E-state index contributed by atoms with van der Waals surface area (Å²) in [5.74, 6) is -0.0470. The molecule has 2 aromatic rings. The molecule has 2 aromatic heterocycles. The van der Waals surface area contributed by atoms with E-state index in [1.807, 2.05) is 0 Å². The second-order valence-corrected chi connectivity index (χ2v) is 4.96. The molecule has 0 saturated carbocycles. The zero-order valence-electron chi connectivity index (χ0n) is 12.1. The summed E-state index contributed by atoms with van der Waals surface area (Å²) in [7, 11) is 3.31. The fourth-order valence-corrected chi connectivity index (χ4v) is 1.82. The lowest BCUT2D eigenvalue weighted by Crippen LogP contribution is -2.22. The van der Waals surface area contributed by atoms with Gasteiger partial charge in [0.05, 0.1) is 17.5 Å². The van der Waals surface area contributed by atoms with Gasteiger partial charge in [-0.15, -0.1) is 0 Å². The number of carbonyl (C=O) groups excluding carboxylic acids is 1. The van der Waals surface area contributed by atoms with Crippen molar-refractivity contribution >= 4 is 5.91 Å². The average molecular weight is 312 g/mol. The van der Waals surface area contributed by atoms with Gasteiger partial charge in [-0.3, -0.25) is 14.5 Å². The molecule has 0 N–H and O–H groups in total. The van der Waals surface area contributed by atoms with Gasteiger partial charge in [0.25, 0.3) is 0 Å². The molecule has 0 fully saturated rings. The summed E-state index contributed by atoms with van der Waals surface area (Å²) in [5.41, 5.74) is -0.0866. The molecule has 0 unspecified atom stereocenters. The Labute approximate surface area is 125 Å². The van der Waals surface area contributed by atoms with E-state index in [9.17, 15) is 18.0 Å². The van der Waals surface area contributed by atoms with Crippen LogP contribution in [0.2, 0.25) is 0 Å². The molecule has 5 nitrogen and oxygen atoms in total. The van der Waals surface area contributed by atoms with E-state index >= 15 is 0 Å². The van der Waals surface area contributed by atoms with Crippen molar-refractivity contribution < 1.29 is 18.0 Å². The number of aryl methyl sites for hydroxylation is 1. The van der Waals surface area contributed by atoms with Crippen molar-refractivity contribution in [1.29, 1.82) is 0 Å². The Bertz CT molecular complexity index is 664. The molecule has 0 aromatic carbocycles. The van der Waals surface area contributed by atoms with Crippen LogP contribution in [-0.2, 0) is 17.5 Å².